The van der Waals surface area contributed by atoms with Crippen molar-refractivity contribution in [1.82, 2.24) is 4.90 Å². The Morgan fingerprint density at radius 2 is 1.29 bits per heavy atom. The van der Waals surface area contributed by atoms with Crippen LogP contribution in [-0.2, 0) is 23.8 Å². The number of methoxy groups -OCH3 is 1. The normalized spacial score (nSPS) is 30.1. The number of alkyl halides is 6. The number of hydrogen-bond acceptors (Lipinski definition) is 8. The summed E-state index contributed by atoms with van der Waals surface area (Å²) in [4.78, 5) is 24.9. The zero-order valence-corrected chi connectivity index (χ0v) is 18.9. The van der Waals surface area contributed by atoms with Crippen LogP contribution >= 0.6 is 0 Å². The number of halogens is 6. The highest BCUT2D eigenvalue weighted by molar-refractivity contribution is 5.81. The van der Waals surface area contributed by atoms with Crippen LogP contribution in [0, 0.1) is 11.8 Å². The molecular weight excluding hydrogens is 492 g/mol. The van der Waals surface area contributed by atoms with Gasteiger partial charge in [0.1, 0.15) is 18.6 Å². The zero-order chi connectivity index (χ0) is 26.8. The number of carbonyl (C=O) groups is 2. The highest BCUT2D eigenvalue weighted by atomic mass is 19.4. The molecule has 0 spiro atoms. The van der Waals surface area contributed by atoms with Gasteiger partial charge >= 0.3 is 24.3 Å². The van der Waals surface area contributed by atoms with E-state index in [1.807, 2.05) is 0 Å². The molecule has 1 aliphatic heterocycles. The van der Waals surface area contributed by atoms with Crippen molar-refractivity contribution in [3.63, 3.8) is 0 Å². The lowest BCUT2D eigenvalue weighted by molar-refractivity contribution is -0.450. The number of rotatable bonds is 7. The van der Waals surface area contributed by atoms with Crippen LogP contribution in [0.5, 0.6) is 0 Å². The minimum atomic E-state index is -5.98. The topological polar surface area (TPSA) is 106 Å². The first-order valence-corrected chi connectivity index (χ1v) is 10.4. The molecule has 1 aromatic rings. The van der Waals surface area contributed by atoms with Crippen molar-refractivity contribution in [2.45, 2.75) is 43.6 Å². The van der Waals surface area contributed by atoms with Crippen LogP contribution in [0.15, 0.2) is 30.3 Å². The van der Waals surface area contributed by atoms with Crippen molar-refractivity contribution in [3.8, 4) is 0 Å². The van der Waals surface area contributed by atoms with Crippen molar-refractivity contribution in [1.29, 1.82) is 0 Å². The standard InChI is InChI=1S/C21H25F6NO7/c1-4-34-16(29)14-13(12-9-7-6-8-10-12)15(17(30)35-5-2)19(32,21(25,26)27)28(11-33-3)18(14,31)20(22,23)24/h6-10,13-15,31-32H,4-5,11H2,1-3H3. The molecule has 8 nitrogen and oxygen atoms in total. The Bertz CT molecular complexity index is 846. The first kappa shape index (κ1) is 28.8. The number of benzene rings is 1. The average Bonchev–Trinajstić information content (AvgIpc) is 2.75. The van der Waals surface area contributed by atoms with E-state index in [1.54, 1.807) is 0 Å². The van der Waals surface area contributed by atoms with E-state index in [0.717, 1.165) is 12.1 Å². The van der Waals surface area contributed by atoms with Crippen LogP contribution in [0.2, 0.25) is 0 Å². The van der Waals surface area contributed by atoms with Gasteiger partial charge in [0.05, 0.1) is 13.2 Å². The number of piperidine rings is 1. The number of aliphatic hydroxyl groups is 2. The van der Waals surface area contributed by atoms with E-state index in [0.29, 0.717) is 7.11 Å². The fourth-order valence-corrected chi connectivity index (χ4v) is 4.42. The minimum absolute atomic E-state index is 0.383. The van der Waals surface area contributed by atoms with Gasteiger partial charge in [-0.15, -0.1) is 0 Å². The molecule has 0 aromatic heterocycles. The number of hydrogen-bond donors (Lipinski definition) is 2. The van der Waals surface area contributed by atoms with Crippen molar-refractivity contribution < 1.29 is 60.4 Å². The molecule has 0 saturated carbocycles. The molecule has 2 N–H and O–H groups in total. The Morgan fingerprint density at radius 1 is 0.886 bits per heavy atom. The summed E-state index contributed by atoms with van der Waals surface area (Å²) in [7, 11) is 0.704. The van der Waals surface area contributed by atoms with Gasteiger partial charge in [-0.25, -0.2) is 4.90 Å². The maximum Gasteiger partial charge on any atom is 0.432 e. The third kappa shape index (κ3) is 4.71. The molecule has 35 heavy (non-hydrogen) atoms. The molecule has 4 unspecified atom stereocenters. The first-order valence-electron chi connectivity index (χ1n) is 10.4. The van der Waals surface area contributed by atoms with Gasteiger partial charge in [0.15, 0.2) is 0 Å². The Balaban J connectivity index is 3.10. The summed E-state index contributed by atoms with van der Waals surface area (Å²) in [6, 6.07) is 5.97. The third-order valence-electron chi connectivity index (χ3n) is 5.77. The maximum atomic E-state index is 14.5. The lowest BCUT2D eigenvalue weighted by Crippen LogP contribution is -2.82. The number of carbonyl (C=O) groups excluding carboxylic acids is 2. The minimum Gasteiger partial charge on any atom is -0.466 e. The SMILES string of the molecule is CCOC(=O)C1C(c2ccccc2)C(C(=O)OCC)C(O)(C(F)(F)F)N(COC)C1(O)C(F)(F)F. The van der Waals surface area contributed by atoms with E-state index < -0.39 is 78.3 Å². The van der Waals surface area contributed by atoms with Gasteiger partial charge in [0.2, 0.25) is 11.4 Å². The van der Waals surface area contributed by atoms with E-state index in [-0.39, 0.29) is 5.56 Å². The fourth-order valence-electron chi connectivity index (χ4n) is 4.42. The summed E-state index contributed by atoms with van der Waals surface area (Å²) in [6.45, 7) is -0.218. The Kier molecular flexibility index (Phi) is 8.47. The van der Waals surface area contributed by atoms with Gasteiger partial charge in [-0.3, -0.25) is 9.59 Å². The van der Waals surface area contributed by atoms with E-state index in [1.165, 1.54) is 32.0 Å². The third-order valence-corrected chi connectivity index (χ3v) is 5.77. The van der Waals surface area contributed by atoms with Crippen LogP contribution in [0.1, 0.15) is 25.3 Å². The molecule has 1 aliphatic rings. The summed E-state index contributed by atoms with van der Waals surface area (Å²) >= 11 is 0. The zero-order valence-electron chi connectivity index (χ0n) is 18.9. The lowest BCUT2D eigenvalue weighted by Gasteiger charge is -2.59. The highest BCUT2D eigenvalue weighted by Crippen LogP contribution is 2.60. The molecule has 2 rings (SSSR count). The summed E-state index contributed by atoms with van der Waals surface area (Å²) in [5.74, 6) is -11.6. The molecule has 0 amide bonds. The Hall–Kier alpha value is -2.42. The van der Waals surface area contributed by atoms with Crippen LogP contribution in [-0.4, -0.2) is 77.9 Å². The fraction of sp³-hybridized carbons (Fsp3) is 0.619. The summed E-state index contributed by atoms with van der Waals surface area (Å²) < 4.78 is 101. The summed E-state index contributed by atoms with van der Waals surface area (Å²) in [6.07, 6.45) is -12.0. The predicted octanol–water partition coefficient (Wildman–Crippen LogP) is 2.55. The summed E-state index contributed by atoms with van der Waals surface area (Å²) in [5, 5.41) is 22.0. The van der Waals surface area contributed by atoms with Crippen LogP contribution in [0.4, 0.5) is 26.3 Å². The maximum absolute atomic E-state index is 14.5. The van der Waals surface area contributed by atoms with Gasteiger partial charge < -0.3 is 24.4 Å². The Morgan fingerprint density at radius 3 is 1.60 bits per heavy atom. The van der Waals surface area contributed by atoms with Gasteiger partial charge in [0.25, 0.3) is 0 Å². The van der Waals surface area contributed by atoms with Gasteiger partial charge in [-0.1, -0.05) is 30.3 Å². The van der Waals surface area contributed by atoms with Crippen molar-refractivity contribution in [2.24, 2.45) is 11.8 Å². The number of ether oxygens (including phenoxy) is 3. The van der Waals surface area contributed by atoms with Crippen LogP contribution in [0.3, 0.4) is 0 Å². The second-order valence-electron chi connectivity index (χ2n) is 7.69. The molecule has 1 heterocycles. The molecule has 4 atom stereocenters. The number of nitrogens with zero attached hydrogens (tertiary/aromatic N) is 1. The average molecular weight is 517 g/mol. The highest BCUT2D eigenvalue weighted by Gasteiger charge is 2.82. The predicted molar refractivity (Wildman–Crippen MR) is 105 cm³/mol. The first-order chi connectivity index (χ1) is 16.1. The molecule has 1 saturated heterocycles. The molecule has 14 heteroatoms. The van der Waals surface area contributed by atoms with Gasteiger partial charge in [0, 0.05) is 13.0 Å². The smallest absolute Gasteiger partial charge is 0.432 e. The van der Waals surface area contributed by atoms with Crippen molar-refractivity contribution >= 4 is 11.9 Å². The van der Waals surface area contributed by atoms with Crippen molar-refractivity contribution in [2.75, 3.05) is 27.1 Å². The van der Waals surface area contributed by atoms with E-state index in [4.69, 9.17) is 9.47 Å². The van der Waals surface area contributed by atoms with E-state index in [2.05, 4.69) is 4.74 Å². The molecular formula is C21H25F6NO7. The van der Waals surface area contributed by atoms with Crippen LogP contribution in [0.25, 0.3) is 0 Å². The molecule has 0 aliphatic carbocycles. The molecule has 0 radical (unpaired) electrons. The lowest BCUT2D eigenvalue weighted by atomic mass is 9.63. The largest absolute Gasteiger partial charge is 0.466 e. The Labute approximate surface area is 196 Å². The molecule has 198 valence electrons. The quantitative estimate of drug-likeness (QED) is 0.420. The second-order valence-corrected chi connectivity index (χ2v) is 7.69. The second kappa shape index (κ2) is 10.3. The van der Waals surface area contributed by atoms with Crippen molar-refractivity contribution in [3.05, 3.63) is 35.9 Å². The van der Waals surface area contributed by atoms with Crippen LogP contribution < -0.4 is 0 Å². The van der Waals surface area contributed by atoms with E-state index >= 15 is 0 Å². The van der Waals surface area contributed by atoms with E-state index in [9.17, 15) is 46.1 Å². The monoisotopic (exact) mass is 517 g/mol. The molecule has 0 bridgehead atoms. The number of esters is 2. The van der Waals surface area contributed by atoms with Gasteiger partial charge in [-0.2, -0.15) is 26.3 Å². The van der Waals surface area contributed by atoms with Gasteiger partial charge in [-0.05, 0) is 19.4 Å². The summed E-state index contributed by atoms with van der Waals surface area (Å²) in [5.41, 5.74) is -9.77. The number of likely N-dealkylation sites (tertiary alicyclic amines) is 1. The molecule has 1 aromatic carbocycles. The molecule has 1 fully saturated rings.